The number of ether oxygens (including phenoxy) is 2. The predicted molar refractivity (Wildman–Crippen MR) is 54.8 cm³/mol. The molecule has 0 aliphatic rings. The van der Waals surface area contributed by atoms with Crippen LogP contribution in [0, 0.1) is 0 Å². The monoisotopic (exact) mass is 189 g/mol. The predicted octanol–water partition coefficient (Wildman–Crippen LogP) is 1.73. The first-order valence-corrected chi connectivity index (χ1v) is 4.91. The van der Waals surface area contributed by atoms with Crippen molar-refractivity contribution in [2.45, 2.75) is 39.0 Å². The maximum atomic E-state index is 5.13. The van der Waals surface area contributed by atoms with Gasteiger partial charge in [0.1, 0.15) is 0 Å². The lowest BCUT2D eigenvalue weighted by Gasteiger charge is -2.27. The van der Waals surface area contributed by atoms with E-state index in [1.54, 1.807) is 14.2 Å². The first-order valence-electron chi connectivity index (χ1n) is 4.91. The van der Waals surface area contributed by atoms with Crippen LogP contribution >= 0.6 is 0 Å². The topological polar surface area (TPSA) is 21.7 Å². The normalized spacial score (nSPS) is 14.1. The zero-order valence-electron chi connectivity index (χ0n) is 9.54. The number of nitrogens with zero attached hydrogens (tertiary/aromatic N) is 1. The minimum atomic E-state index is -0.107. The third-order valence-electron chi connectivity index (χ3n) is 2.42. The largest absolute Gasteiger partial charge is 0.355 e. The van der Waals surface area contributed by atoms with Gasteiger partial charge >= 0.3 is 0 Å². The minimum Gasteiger partial charge on any atom is -0.355 e. The summed E-state index contributed by atoms with van der Waals surface area (Å²) >= 11 is 0. The first kappa shape index (κ1) is 12.9. The second-order valence-corrected chi connectivity index (χ2v) is 3.48. The van der Waals surface area contributed by atoms with E-state index < -0.39 is 0 Å². The molecule has 0 aliphatic carbocycles. The van der Waals surface area contributed by atoms with Crippen molar-refractivity contribution < 1.29 is 9.47 Å². The molecule has 0 fully saturated rings. The van der Waals surface area contributed by atoms with Crippen LogP contribution in [0.15, 0.2) is 0 Å². The molecule has 3 heteroatoms. The van der Waals surface area contributed by atoms with E-state index in [-0.39, 0.29) is 6.29 Å². The summed E-state index contributed by atoms with van der Waals surface area (Å²) in [4.78, 5) is 2.27. The third-order valence-corrected chi connectivity index (χ3v) is 2.42. The zero-order valence-corrected chi connectivity index (χ0v) is 9.54. The number of likely N-dealkylation sites (N-methyl/N-ethyl adjacent to an activating group) is 1. The van der Waals surface area contributed by atoms with Gasteiger partial charge in [-0.15, -0.1) is 0 Å². The highest BCUT2D eigenvalue weighted by Crippen LogP contribution is 2.05. The van der Waals surface area contributed by atoms with Gasteiger partial charge in [-0.05, 0) is 20.4 Å². The molecule has 0 spiro atoms. The van der Waals surface area contributed by atoms with Crippen LogP contribution in [0.3, 0.4) is 0 Å². The molecule has 0 amide bonds. The Morgan fingerprint density at radius 2 is 1.77 bits per heavy atom. The van der Waals surface area contributed by atoms with Gasteiger partial charge in [-0.2, -0.15) is 0 Å². The Bertz CT molecular complexity index is 115. The molecule has 13 heavy (non-hydrogen) atoms. The smallest absolute Gasteiger partial charge is 0.169 e. The van der Waals surface area contributed by atoms with E-state index in [2.05, 4.69) is 25.8 Å². The molecule has 1 atom stereocenters. The van der Waals surface area contributed by atoms with Crippen molar-refractivity contribution in [2.24, 2.45) is 0 Å². The van der Waals surface area contributed by atoms with Gasteiger partial charge in [0.2, 0.25) is 0 Å². The molecule has 0 bridgehead atoms. The summed E-state index contributed by atoms with van der Waals surface area (Å²) in [6.07, 6.45) is 2.33. The van der Waals surface area contributed by atoms with Gasteiger partial charge in [0.05, 0.1) is 0 Å². The molecule has 0 saturated heterocycles. The van der Waals surface area contributed by atoms with Crippen molar-refractivity contribution in [1.82, 2.24) is 4.90 Å². The van der Waals surface area contributed by atoms with E-state index in [4.69, 9.17) is 9.47 Å². The Morgan fingerprint density at radius 1 is 1.23 bits per heavy atom. The molecule has 0 rings (SSSR count). The Kier molecular flexibility index (Phi) is 7.23. The van der Waals surface area contributed by atoms with Crippen molar-refractivity contribution in [3.63, 3.8) is 0 Å². The van der Waals surface area contributed by atoms with Crippen molar-refractivity contribution in [2.75, 3.05) is 27.8 Å². The fraction of sp³-hybridized carbons (Fsp3) is 1.00. The van der Waals surface area contributed by atoms with Gasteiger partial charge in [0.25, 0.3) is 0 Å². The zero-order chi connectivity index (χ0) is 10.3. The highest BCUT2D eigenvalue weighted by atomic mass is 16.7. The highest BCUT2D eigenvalue weighted by molar-refractivity contribution is 4.63. The van der Waals surface area contributed by atoms with Crippen molar-refractivity contribution in [3.8, 4) is 0 Å². The van der Waals surface area contributed by atoms with E-state index in [9.17, 15) is 0 Å². The number of hydrogen-bond donors (Lipinski definition) is 0. The lowest BCUT2D eigenvalue weighted by Crippen LogP contribution is -2.37. The van der Waals surface area contributed by atoms with Crippen LogP contribution in [-0.4, -0.2) is 45.0 Å². The van der Waals surface area contributed by atoms with E-state index in [1.807, 2.05) is 0 Å². The Morgan fingerprint density at radius 3 is 2.15 bits per heavy atom. The molecule has 0 aromatic carbocycles. The quantitative estimate of drug-likeness (QED) is 0.569. The van der Waals surface area contributed by atoms with Gasteiger partial charge in [-0.1, -0.05) is 13.3 Å². The van der Waals surface area contributed by atoms with E-state index in [0.717, 1.165) is 6.54 Å². The molecule has 0 saturated carbocycles. The van der Waals surface area contributed by atoms with Gasteiger partial charge in [-0.3, -0.25) is 4.90 Å². The van der Waals surface area contributed by atoms with Gasteiger partial charge < -0.3 is 9.47 Å². The SMILES string of the molecule is CCCC(C)N(C)CC(OC)OC. The second-order valence-electron chi connectivity index (χ2n) is 3.48. The second kappa shape index (κ2) is 7.30. The summed E-state index contributed by atoms with van der Waals surface area (Å²) in [7, 11) is 5.45. The molecule has 0 radical (unpaired) electrons. The summed E-state index contributed by atoms with van der Waals surface area (Å²) in [5.41, 5.74) is 0. The van der Waals surface area contributed by atoms with E-state index in [0.29, 0.717) is 6.04 Å². The lowest BCUT2D eigenvalue weighted by molar-refractivity contribution is -0.117. The molecular weight excluding hydrogens is 166 g/mol. The summed E-state index contributed by atoms with van der Waals surface area (Å²) in [5, 5.41) is 0. The molecule has 0 aromatic heterocycles. The fourth-order valence-electron chi connectivity index (χ4n) is 1.30. The van der Waals surface area contributed by atoms with E-state index >= 15 is 0 Å². The van der Waals surface area contributed by atoms with Crippen LogP contribution in [0.5, 0.6) is 0 Å². The maximum Gasteiger partial charge on any atom is 0.169 e. The summed E-state index contributed by atoms with van der Waals surface area (Å²) in [6.45, 7) is 5.26. The Labute approximate surface area is 82.0 Å². The van der Waals surface area contributed by atoms with E-state index in [1.165, 1.54) is 12.8 Å². The molecule has 0 aliphatic heterocycles. The van der Waals surface area contributed by atoms with Gasteiger partial charge in [-0.25, -0.2) is 0 Å². The Balaban J connectivity index is 3.75. The maximum absolute atomic E-state index is 5.13. The van der Waals surface area contributed by atoms with Crippen molar-refractivity contribution in [3.05, 3.63) is 0 Å². The average Bonchev–Trinajstić information content (AvgIpc) is 2.14. The highest BCUT2D eigenvalue weighted by Gasteiger charge is 2.13. The number of methoxy groups -OCH3 is 2. The fourth-order valence-corrected chi connectivity index (χ4v) is 1.30. The van der Waals surface area contributed by atoms with Crippen LogP contribution in [0.25, 0.3) is 0 Å². The van der Waals surface area contributed by atoms with Crippen LogP contribution in [0.1, 0.15) is 26.7 Å². The van der Waals surface area contributed by atoms with Crippen LogP contribution in [0.4, 0.5) is 0 Å². The minimum absolute atomic E-state index is 0.107. The van der Waals surface area contributed by atoms with Crippen LogP contribution in [-0.2, 0) is 9.47 Å². The number of hydrogen-bond acceptors (Lipinski definition) is 3. The van der Waals surface area contributed by atoms with Crippen molar-refractivity contribution >= 4 is 0 Å². The molecule has 1 unspecified atom stereocenters. The first-order chi connectivity index (χ1) is 6.15. The lowest BCUT2D eigenvalue weighted by atomic mass is 10.2. The molecule has 80 valence electrons. The molecular formula is C10H23NO2. The van der Waals surface area contributed by atoms with Crippen LogP contribution in [0.2, 0.25) is 0 Å². The molecule has 3 nitrogen and oxygen atoms in total. The average molecular weight is 189 g/mol. The van der Waals surface area contributed by atoms with Crippen molar-refractivity contribution in [1.29, 1.82) is 0 Å². The summed E-state index contributed by atoms with van der Waals surface area (Å²) < 4.78 is 10.3. The van der Waals surface area contributed by atoms with Crippen LogP contribution < -0.4 is 0 Å². The number of rotatable bonds is 7. The molecule has 0 N–H and O–H groups in total. The Hall–Kier alpha value is -0.120. The van der Waals surface area contributed by atoms with Gasteiger partial charge in [0, 0.05) is 26.8 Å². The molecule has 0 heterocycles. The molecule has 0 aromatic rings. The summed E-state index contributed by atoms with van der Waals surface area (Å²) in [6, 6.07) is 0.595. The summed E-state index contributed by atoms with van der Waals surface area (Å²) in [5.74, 6) is 0. The van der Waals surface area contributed by atoms with Gasteiger partial charge in [0.15, 0.2) is 6.29 Å². The third kappa shape index (κ3) is 5.24. The standard InChI is InChI=1S/C10H23NO2/c1-6-7-9(2)11(3)8-10(12-4)13-5/h9-10H,6-8H2,1-5H3.